The van der Waals surface area contributed by atoms with E-state index in [1.807, 2.05) is 4.90 Å². The number of morpholine rings is 1. The summed E-state index contributed by atoms with van der Waals surface area (Å²) in [5.41, 5.74) is 5.56. The van der Waals surface area contributed by atoms with E-state index in [1.54, 1.807) is 0 Å². The van der Waals surface area contributed by atoms with Gasteiger partial charge in [0.1, 0.15) is 0 Å². The average Bonchev–Trinajstić information content (AvgIpc) is 2.62. The van der Waals surface area contributed by atoms with Crippen molar-refractivity contribution in [2.24, 2.45) is 0 Å². The number of nitrogen functional groups attached to an aromatic ring is 1. The van der Waals surface area contributed by atoms with Crippen molar-refractivity contribution in [2.75, 3.05) is 36.9 Å². The number of anilines is 2. The molecule has 1 aromatic heterocycles. The van der Waals surface area contributed by atoms with E-state index < -0.39 is 0 Å². The summed E-state index contributed by atoms with van der Waals surface area (Å²) < 4.78 is 6.31. The Morgan fingerprint density at radius 2 is 2.13 bits per heavy atom. The maximum atomic E-state index is 11.1. The van der Waals surface area contributed by atoms with E-state index in [0.29, 0.717) is 19.2 Å². The highest BCUT2D eigenvalue weighted by Crippen LogP contribution is 2.12. The first kappa shape index (κ1) is 9.91. The molecule has 1 aliphatic heterocycles. The number of aromatic nitrogens is 3. The van der Waals surface area contributed by atoms with Gasteiger partial charge in [-0.15, -0.1) is 5.10 Å². The molecule has 0 saturated carbocycles. The van der Waals surface area contributed by atoms with Crippen LogP contribution in [0.3, 0.4) is 0 Å². The summed E-state index contributed by atoms with van der Waals surface area (Å²) in [4.78, 5) is 17.1. The van der Waals surface area contributed by atoms with Crippen LogP contribution >= 0.6 is 0 Å². The fraction of sp³-hybridized carbons (Fsp3) is 0.625. The van der Waals surface area contributed by atoms with E-state index in [4.69, 9.17) is 10.5 Å². The van der Waals surface area contributed by atoms with Gasteiger partial charge in [0.25, 0.3) is 0 Å². The third kappa shape index (κ3) is 1.91. The van der Waals surface area contributed by atoms with Crippen LogP contribution in [0.4, 0.5) is 11.9 Å². The lowest BCUT2D eigenvalue weighted by Gasteiger charge is -2.25. The molecule has 0 unspecified atom stereocenters. The Balaban J connectivity index is 2.21. The molecule has 0 amide bonds. The summed E-state index contributed by atoms with van der Waals surface area (Å²) in [7, 11) is 0. The Kier molecular flexibility index (Phi) is 2.55. The van der Waals surface area contributed by atoms with E-state index in [-0.39, 0.29) is 11.9 Å². The minimum absolute atomic E-state index is 0.129. The average molecular weight is 211 g/mol. The number of hydrogen-bond donors (Lipinski definition) is 1. The fourth-order valence-electron chi connectivity index (χ4n) is 1.44. The first-order chi connectivity index (χ1) is 7.18. The molecular weight excluding hydrogens is 198 g/mol. The van der Waals surface area contributed by atoms with Gasteiger partial charge in [-0.1, -0.05) is 0 Å². The molecule has 1 aliphatic rings. The van der Waals surface area contributed by atoms with Gasteiger partial charge < -0.3 is 15.4 Å². The molecule has 0 aromatic carbocycles. The quantitative estimate of drug-likeness (QED) is 0.664. The highest BCUT2D eigenvalue weighted by atomic mass is 16.5. The second-order valence-electron chi connectivity index (χ2n) is 3.30. The minimum atomic E-state index is -0.237. The van der Waals surface area contributed by atoms with Crippen LogP contribution in [-0.4, -0.2) is 47.0 Å². The van der Waals surface area contributed by atoms with Crippen LogP contribution in [0.2, 0.25) is 0 Å². The zero-order chi connectivity index (χ0) is 10.8. The first-order valence-corrected chi connectivity index (χ1v) is 4.74. The Labute approximate surface area is 86.8 Å². The molecule has 1 saturated heterocycles. The van der Waals surface area contributed by atoms with Gasteiger partial charge in [0.15, 0.2) is 0 Å². The van der Waals surface area contributed by atoms with E-state index in [9.17, 15) is 4.79 Å². The lowest BCUT2D eigenvalue weighted by Crippen LogP contribution is -2.37. The molecule has 2 rings (SSSR count). The SMILES string of the molecule is CC(=O)n1nc(N2CCOCC2)nc1N. The molecule has 82 valence electrons. The highest BCUT2D eigenvalue weighted by molar-refractivity contribution is 5.78. The Morgan fingerprint density at radius 1 is 1.47 bits per heavy atom. The molecule has 0 aliphatic carbocycles. The van der Waals surface area contributed by atoms with E-state index in [0.717, 1.165) is 17.8 Å². The number of carbonyl (C=O) groups excluding carboxylic acids is 1. The topological polar surface area (TPSA) is 86.3 Å². The van der Waals surface area contributed by atoms with Gasteiger partial charge in [-0.3, -0.25) is 4.79 Å². The molecule has 0 radical (unpaired) electrons. The third-order valence-electron chi connectivity index (χ3n) is 2.21. The number of rotatable bonds is 1. The lowest BCUT2D eigenvalue weighted by atomic mass is 10.4. The summed E-state index contributed by atoms with van der Waals surface area (Å²) in [5.74, 6) is 0.384. The monoisotopic (exact) mass is 211 g/mol. The van der Waals surface area contributed by atoms with Crippen molar-refractivity contribution >= 4 is 17.8 Å². The third-order valence-corrected chi connectivity index (χ3v) is 2.21. The standard InChI is InChI=1S/C8H13N5O2/c1-6(14)13-7(9)10-8(11-13)12-2-4-15-5-3-12/h2-5H2,1H3,(H2,9,10,11). The van der Waals surface area contributed by atoms with Crippen LogP contribution in [0, 0.1) is 0 Å². The number of nitrogens with zero attached hydrogens (tertiary/aromatic N) is 4. The lowest BCUT2D eigenvalue weighted by molar-refractivity contribution is 0.0923. The molecule has 7 heteroatoms. The maximum Gasteiger partial charge on any atom is 0.247 e. The molecule has 2 N–H and O–H groups in total. The predicted molar refractivity (Wildman–Crippen MR) is 53.8 cm³/mol. The largest absolute Gasteiger partial charge is 0.378 e. The van der Waals surface area contributed by atoms with Crippen molar-refractivity contribution in [1.82, 2.24) is 14.8 Å². The van der Waals surface area contributed by atoms with Gasteiger partial charge in [-0.2, -0.15) is 9.67 Å². The van der Waals surface area contributed by atoms with E-state index >= 15 is 0 Å². The molecule has 2 heterocycles. The molecule has 0 spiro atoms. The second-order valence-corrected chi connectivity index (χ2v) is 3.30. The van der Waals surface area contributed by atoms with Crippen molar-refractivity contribution in [3.63, 3.8) is 0 Å². The summed E-state index contributed by atoms with van der Waals surface area (Å²) in [6, 6.07) is 0. The second kappa shape index (κ2) is 3.85. The molecule has 1 aromatic rings. The maximum absolute atomic E-state index is 11.1. The van der Waals surface area contributed by atoms with Crippen LogP contribution in [0.25, 0.3) is 0 Å². The predicted octanol–water partition coefficient (Wildman–Crippen LogP) is -0.643. The number of ether oxygens (including phenoxy) is 1. The molecule has 7 nitrogen and oxygen atoms in total. The van der Waals surface area contributed by atoms with Crippen molar-refractivity contribution in [3.8, 4) is 0 Å². The summed E-state index contributed by atoms with van der Waals surface area (Å²) in [6.45, 7) is 4.14. The van der Waals surface area contributed by atoms with Crippen LogP contribution in [0.15, 0.2) is 0 Å². The van der Waals surface area contributed by atoms with Crippen LogP contribution < -0.4 is 10.6 Å². The zero-order valence-electron chi connectivity index (χ0n) is 8.51. The van der Waals surface area contributed by atoms with Crippen molar-refractivity contribution in [1.29, 1.82) is 0 Å². The van der Waals surface area contributed by atoms with E-state index in [1.165, 1.54) is 6.92 Å². The van der Waals surface area contributed by atoms with Crippen molar-refractivity contribution in [2.45, 2.75) is 6.92 Å². The Hall–Kier alpha value is -1.63. The van der Waals surface area contributed by atoms with Gasteiger partial charge >= 0.3 is 0 Å². The summed E-state index contributed by atoms with van der Waals surface area (Å²) in [5, 5.41) is 4.03. The highest BCUT2D eigenvalue weighted by Gasteiger charge is 2.18. The molecular formula is C8H13N5O2. The van der Waals surface area contributed by atoms with Crippen LogP contribution in [0.5, 0.6) is 0 Å². The number of nitrogens with two attached hydrogens (primary N) is 1. The zero-order valence-corrected chi connectivity index (χ0v) is 8.51. The Morgan fingerprint density at radius 3 is 2.67 bits per heavy atom. The minimum Gasteiger partial charge on any atom is -0.378 e. The number of hydrogen-bond acceptors (Lipinski definition) is 6. The van der Waals surface area contributed by atoms with Gasteiger partial charge in [-0.25, -0.2) is 0 Å². The van der Waals surface area contributed by atoms with Crippen molar-refractivity contribution < 1.29 is 9.53 Å². The smallest absolute Gasteiger partial charge is 0.247 e. The Bertz CT molecular complexity index is 369. The molecule has 1 fully saturated rings. The summed E-state index contributed by atoms with van der Waals surface area (Å²) in [6.07, 6.45) is 0. The van der Waals surface area contributed by atoms with Crippen LogP contribution in [-0.2, 0) is 4.74 Å². The first-order valence-electron chi connectivity index (χ1n) is 4.74. The van der Waals surface area contributed by atoms with Crippen LogP contribution in [0.1, 0.15) is 11.7 Å². The van der Waals surface area contributed by atoms with Gasteiger partial charge in [0.2, 0.25) is 17.8 Å². The van der Waals surface area contributed by atoms with Gasteiger partial charge in [0, 0.05) is 20.0 Å². The normalized spacial score (nSPS) is 16.7. The van der Waals surface area contributed by atoms with Gasteiger partial charge in [-0.05, 0) is 0 Å². The number of carbonyl (C=O) groups is 1. The fourth-order valence-corrected chi connectivity index (χ4v) is 1.44. The molecule has 0 bridgehead atoms. The van der Waals surface area contributed by atoms with Crippen molar-refractivity contribution in [3.05, 3.63) is 0 Å². The molecule has 0 atom stereocenters. The van der Waals surface area contributed by atoms with E-state index in [2.05, 4.69) is 10.1 Å². The summed E-state index contributed by atoms with van der Waals surface area (Å²) >= 11 is 0. The molecule has 15 heavy (non-hydrogen) atoms. The van der Waals surface area contributed by atoms with Gasteiger partial charge in [0.05, 0.1) is 13.2 Å².